The largest absolute Gasteiger partial charge is 0.378 e. The van der Waals surface area contributed by atoms with Gasteiger partial charge in [0.25, 0.3) is 0 Å². The summed E-state index contributed by atoms with van der Waals surface area (Å²) in [6, 6.07) is 7.43. The molecule has 3 unspecified atom stereocenters. The van der Waals surface area contributed by atoms with Gasteiger partial charge in [-0.3, -0.25) is 0 Å². The standard InChI is InChI=1S/C17H26FNO/c1-5-17(4)15(11-16(17)20-6-2)19-12(3)13-8-7-9-14(18)10-13/h7-10,12,15-16,19H,5-6,11H2,1-4H3/t12-,15?,16?,17?/m0/s1. The Balaban J connectivity index is 2.00. The smallest absolute Gasteiger partial charge is 0.123 e. The fourth-order valence-corrected chi connectivity index (χ4v) is 3.18. The number of ether oxygens (including phenoxy) is 1. The van der Waals surface area contributed by atoms with Gasteiger partial charge in [0.15, 0.2) is 0 Å². The van der Waals surface area contributed by atoms with E-state index in [-0.39, 0.29) is 17.3 Å². The summed E-state index contributed by atoms with van der Waals surface area (Å²) in [5, 5.41) is 3.64. The molecular formula is C17H26FNO. The number of nitrogens with one attached hydrogen (secondary N) is 1. The highest BCUT2D eigenvalue weighted by molar-refractivity contribution is 5.20. The van der Waals surface area contributed by atoms with Crippen molar-refractivity contribution in [1.29, 1.82) is 0 Å². The molecule has 4 atom stereocenters. The monoisotopic (exact) mass is 279 g/mol. The Kier molecular flexibility index (Phi) is 4.82. The first kappa shape index (κ1) is 15.5. The molecule has 20 heavy (non-hydrogen) atoms. The van der Waals surface area contributed by atoms with Crippen LogP contribution in [0.15, 0.2) is 24.3 Å². The van der Waals surface area contributed by atoms with Gasteiger partial charge in [0.1, 0.15) is 5.82 Å². The van der Waals surface area contributed by atoms with Crippen LogP contribution in [0.2, 0.25) is 0 Å². The molecular weight excluding hydrogens is 253 g/mol. The molecule has 0 bridgehead atoms. The topological polar surface area (TPSA) is 21.3 Å². The van der Waals surface area contributed by atoms with Crippen LogP contribution < -0.4 is 5.32 Å². The first-order valence-electron chi connectivity index (χ1n) is 7.64. The molecule has 0 aliphatic heterocycles. The lowest BCUT2D eigenvalue weighted by Gasteiger charge is -2.54. The number of rotatable bonds is 6. The van der Waals surface area contributed by atoms with Crippen LogP contribution >= 0.6 is 0 Å². The van der Waals surface area contributed by atoms with Crippen molar-refractivity contribution in [2.75, 3.05) is 6.61 Å². The van der Waals surface area contributed by atoms with Crippen molar-refractivity contribution >= 4 is 0 Å². The zero-order chi connectivity index (χ0) is 14.8. The van der Waals surface area contributed by atoms with E-state index in [1.54, 1.807) is 12.1 Å². The van der Waals surface area contributed by atoms with Gasteiger partial charge in [0.2, 0.25) is 0 Å². The molecule has 2 rings (SSSR count). The van der Waals surface area contributed by atoms with Crippen molar-refractivity contribution in [3.63, 3.8) is 0 Å². The fraction of sp³-hybridized carbons (Fsp3) is 0.647. The molecule has 1 aromatic carbocycles. The van der Waals surface area contributed by atoms with Crippen LogP contribution in [-0.2, 0) is 4.74 Å². The highest BCUT2D eigenvalue weighted by atomic mass is 19.1. The van der Waals surface area contributed by atoms with Crippen molar-refractivity contribution in [3.8, 4) is 0 Å². The molecule has 112 valence electrons. The van der Waals surface area contributed by atoms with E-state index >= 15 is 0 Å². The molecule has 0 amide bonds. The van der Waals surface area contributed by atoms with Crippen LogP contribution in [0.5, 0.6) is 0 Å². The van der Waals surface area contributed by atoms with Crippen molar-refractivity contribution < 1.29 is 9.13 Å². The third-order valence-corrected chi connectivity index (χ3v) is 4.91. The van der Waals surface area contributed by atoms with E-state index in [2.05, 4.69) is 26.1 Å². The fourth-order valence-electron chi connectivity index (χ4n) is 3.18. The van der Waals surface area contributed by atoms with Gasteiger partial charge < -0.3 is 10.1 Å². The van der Waals surface area contributed by atoms with E-state index in [0.29, 0.717) is 12.1 Å². The molecule has 0 radical (unpaired) electrons. The third kappa shape index (κ3) is 2.89. The first-order chi connectivity index (χ1) is 9.51. The van der Waals surface area contributed by atoms with Gasteiger partial charge >= 0.3 is 0 Å². The van der Waals surface area contributed by atoms with Crippen molar-refractivity contribution in [2.45, 2.75) is 58.7 Å². The van der Waals surface area contributed by atoms with Crippen LogP contribution in [0.4, 0.5) is 4.39 Å². The highest BCUT2D eigenvalue weighted by Crippen LogP contribution is 2.46. The second kappa shape index (κ2) is 6.23. The molecule has 3 heteroatoms. The molecule has 1 fully saturated rings. The molecule has 0 saturated heterocycles. The van der Waals surface area contributed by atoms with Crippen molar-refractivity contribution in [3.05, 3.63) is 35.6 Å². The first-order valence-corrected chi connectivity index (χ1v) is 7.64. The minimum absolute atomic E-state index is 0.157. The molecule has 0 heterocycles. The van der Waals surface area contributed by atoms with Crippen molar-refractivity contribution in [1.82, 2.24) is 5.32 Å². The Bertz CT molecular complexity index is 450. The summed E-state index contributed by atoms with van der Waals surface area (Å²) in [4.78, 5) is 0. The maximum atomic E-state index is 13.3. The molecule has 1 aliphatic carbocycles. The van der Waals surface area contributed by atoms with Gasteiger partial charge in [-0.1, -0.05) is 26.0 Å². The van der Waals surface area contributed by atoms with Crippen molar-refractivity contribution in [2.24, 2.45) is 5.41 Å². The minimum Gasteiger partial charge on any atom is -0.378 e. The summed E-state index contributed by atoms with van der Waals surface area (Å²) in [6.07, 6.45) is 2.47. The van der Waals surface area contributed by atoms with Crippen LogP contribution in [0.1, 0.15) is 52.1 Å². The van der Waals surface area contributed by atoms with E-state index < -0.39 is 0 Å². The van der Waals surface area contributed by atoms with E-state index in [1.165, 1.54) is 6.07 Å². The number of benzene rings is 1. The molecule has 2 nitrogen and oxygen atoms in total. The van der Waals surface area contributed by atoms with Gasteiger partial charge in [-0.05, 0) is 44.4 Å². The van der Waals surface area contributed by atoms with Crippen LogP contribution in [0, 0.1) is 11.2 Å². The Morgan fingerprint density at radius 2 is 2.20 bits per heavy atom. The summed E-state index contributed by atoms with van der Waals surface area (Å²) < 4.78 is 19.1. The summed E-state index contributed by atoms with van der Waals surface area (Å²) >= 11 is 0. The van der Waals surface area contributed by atoms with Crippen LogP contribution in [-0.4, -0.2) is 18.8 Å². The molecule has 1 saturated carbocycles. The molecule has 1 aliphatic rings. The zero-order valence-corrected chi connectivity index (χ0v) is 12.9. The quantitative estimate of drug-likeness (QED) is 0.847. The van der Waals surface area contributed by atoms with Gasteiger partial charge in [-0.25, -0.2) is 4.39 Å². The van der Waals surface area contributed by atoms with E-state index in [0.717, 1.165) is 25.0 Å². The van der Waals surface area contributed by atoms with Gasteiger partial charge in [-0.2, -0.15) is 0 Å². The van der Waals surface area contributed by atoms with E-state index in [1.807, 2.05) is 13.0 Å². The van der Waals surface area contributed by atoms with Gasteiger partial charge in [0, 0.05) is 24.1 Å². The average Bonchev–Trinajstić information content (AvgIpc) is 2.45. The molecule has 1 aromatic rings. The van der Waals surface area contributed by atoms with Gasteiger partial charge in [-0.15, -0.1) is 0 Å². The highest BCUT2D eigenvalue weighted by Gasteiger charge is 2.51. The number of hydrogen-bond acceptors (Lipinski definition) is 2. The molecule has 0 aromatic heterocycles. The third-order valence-electron chi connectivity index (χ3n) is 4.91. The van der Waals surface area contributed by atoms with Crippen LogP contribution in [0.25, 0.3) is 0 Å². The second-order valence-electron chi connectivity index (χ2n) is 6.04. The SMILES string of the molecule is CCOC1CC(N[C@@H](C)c2cccc(F)c2)C1(C)CC. The Hall–Kier alpha value is -0.930. The lowest BCUT2D eigenvalue weighted by Crippen LogP contribution is -2.62. The average molecular weight is 279 g/mol. The normalized spacial score (nSPS) is 30.9. The summed E-state index contributed by atoms with van der Waals surface area (Å²) in [7, 11) is 0. The summed E-state index contributed by atoms with van der Waals surface area (Å²) in [5.74, 6) is -0.171. The summed E-state index contributed by atoms with van der Waals surface area (Å²) in [5.41, 5.74) is 1.18. The number of hydrogen-bond donors (Lipinski definition) is 1. The summed E-state index contributed by atoms with van der Waals surface area (Å²) in [6.45, 7) is 9.41. The Labute approximate surface area is 121 Å². The zero-order valence-electron chi connectivity index (χ0n) is 12.9. The lowest BCUT2D eigenvalue weighted by molar-refractivity contribution is -0.127. The molecule has 1 N–H and O–H groups in total. The Morgan fingerprint density at radius 3 is 2.80 bits per heavy atom. The molecule has 0 spiro atoms. The van der Waals surface area contributed by atoms with Crippen LogP contribution in [0.3, 0.4) is 0 Å². The minimum atomic E-state index is -0.171. The number of halogens is 1. The predicted molar refractivity (Wildman–Crippen MR) is 80.2 cm³/mol. The maximum absolute atomic E-state index is 13.3. The maximum Gasteiger partial charge on any atom is 0.123 e. The van der Waals surface area contributed by atoms with E-state index in [4.69, 9.17) is 4.74 Å². The lowest BCUT2D eigenvalue weighted by atomic mass is 9.61. The Morgan fingerprint density at radius 1 is 1.45 bits per heavy atom. The van der Waals surface area contributed by atoms with Gasteiger partial charge in [0.05, 0.1) is 6.10 Å². The second-order valence-corrected chi connectivity index (χ2v) is 6.04. The van der Waals surface area contributed by atoms with E-state index in [9.17, 15) is 4.39 Å². The predicted octanol–water partition coefficient (Wildman–Crippen LogP) is 4.07.